The molecular formula is C20H22FN3O2. The van der Waals surface area contributed by atoms with E-state index in [1.807, 2.05) is 12.1 Å². The highest BCUT2D eigenvalue weighted by Crippen LogP contribution is 2.39. The van der Waals surface area contributed by atoms with Gasteiger partial charge in [0.15, 0.2) is 5.75 Å². The van der Waals surface area contributed by atoms with Crippen LogP contribution in [0.4, 0.5) is 15.8 Å². The van der Waals surface area contributed by atoms with E-state index in [0.29, 0.717) is 17.9 Å². The largest absolute Gasteiger partial charge is 0.488 e. The van der Waals surface area contributed by atoms with Gasteiger partial charge in [0.25, 0.3) is 0 Å². The summed E-state index contributed by atoms with van der Waals surface area (Å²) in [5.41, 5.74) is 3.35. The third-order valence-corrected chi connectivity index (χ3v) is 4.83. The molecule has 0 saturated carbocycles. The van der Waals surface area contributed by atoms with Gasteiger partial charge in [-0.15, -0.1) is 0 Å². The number of anilines is 2. The molecule has 1 fully saturated rings. The van der Waals surface area contributed by atoms with Gasteiger partial charge in [-0.25, -0.2) is 4.39 Å². The maximum atomic E-state index is 13.1. The number of ether oxygens (including phenoxy) is 2. The van der Waals surface area contributed by atoms with E-state index < -0.39 is 0 Å². The van der Waals surface area contributed by atoms with E-state index in [9.17, 15) is 4.39 Å². The summed E-state index contributed by atoms with van der Waals surface area (Å²) in [7, 11) is 0. The van der Waals surface area contributed by atoms with Crippen molar-refractivity contribution < 1.29 is 13.9 Å². The Kier molecular flexibility index (Phi) is 4.75. The van der Waals surface area contributed by atoms with Crippen LogP contribution in [0.1, 0.15) is 36.4 Å². The molecule has 0 radical (unpaired) electrons. The van der Waals surface area contributed by atoms with Gasteiger partial charge >= 0.3 is 0 Å². The predicted octanol–water partition coefficient (Wildman–Crippen LogP) is 4.31. The Morgan fingerprint density at radius 1 is 1.15 bits per heavy atom. The molecule has 3 N–H and O–H groups in total. The average Bonchev–Trinajstić information content (AvgIpc) is 2.69. The summed E-state index contributed by atoms with van der Waals surface area (Å²) in [5.74, 6) is 0.414. The molecule has 6 heteroatoms. The van der Waals surface area contributed by atoms with Crippen molar-refractivity contribution in [3.05, 3.63) is 53.3 Å². The smallest absolute Gasteiger partial charge is 0.153 e. The van der Waals surface area contributed by atoms with Gasteiger partial charge in [-0.1, -0.05) is 12.1 Å². The van der Waals surface area contributed by atoms with Crippen LogP contribution in [0.3, 0.4) is 0 Å². The maximum Gasteiger partial charge on any atom is 0.153 e. The van der Waals surface area contributed by atoms with Crippen LogP contribution in [0, 0.1) is 11.2 Å². The third-order valence-electron chi connectivity index (χ3n) is 4.83. The van der Waals surface area contributed by atoms with E-state index in [-0.39, 0.29) is 18.1 Å². The second-order valence-corrected chi connectivity index (χ2v) is 6.61. The van der Waals surface area contributed by atoms with Crippen molar-refractivity contribution in [2.24, 2.45) is 0 Å². The van der Waals surface area contributed by atoms with Crippen LogP contribution in [0.15, 0.2) is 36.4 Å². The maximum absolute atomic E-state index is 13.1. The highest BCUT2D eigenvalue weighted by atomic mass is 19.1. The lowest BCUT2D eigenvalue weighted by atomic mass is 10.0. The van der Waals surface area contributed by atoms with Crippen molar-refractivity contribution >= 4 is 17.6 Å². The number of rotatable bonds is 4. The number of hydrogen-bond acceptors (Lipinski definition) is 5. The summed E-state index contributed by atoms with van der Waals surface area (Å²) >= 11 is 0. The number of fused-ring (bicyclic) bond motifs is 1. The summed E-state index contributed by atoms with van der Waals surface area (Å²) in [6, 6.07) is 10.3. The molecule has 1 unspecified atom stereocenters. The molecule has 4 rings (SSSR count). The number of benzene rings is 2. The van der Waals surface area contributed by atoms with E-state index in [4.69, 9.17) is 14.9 Å². The first-order valence-corrected chi connectivity index (χ1v) is 8.95. The Morgan fingerprint density at radius 3 is 2.73 bits per heavy atom. The van der Waals surface area contributed by atoms with Gasteiger partial charge in [-0.05, 0) is 49.1 Å². The lowest BCUT2D eigenvalue weighted by Gasteiger charge is -2.31. The summed E-state index contributed by atoms with van der Waals surface area (Å²) < 4.78 is 24.9. The predicted molar refractivity (Wildman–Crippen MR) is 99.8 cm³/mol. The normalized spacial score (nSPS) is 21.9. The monoisotopic (exact) mass is 355 g/mol. The van der Waals surface area contributed by atoms with E-state index in [1.54, 1.807) is 12.1 Å². The zero-order valence-corrected chi connectivity index (χ0v) is 14.4. The van der Waals surface area contributed by atoms with Crippen LogP contribution in [0.2, 0.25) is 0 Å². The van der Waals surface area contributed by atoms with Gasteiger partial charge in [-0.2, -0.15) is 0 Å². The van der Waals surface area contributed by atoms with Crippen LogP contribution in [-0.4, -0.2) is 25.7 Å². The molecule has 0 amide bonds. The molecule has 2 aliphatic rings. The first-order valence-electron chi connectivity index (χ1n) is 8.95. The van der Waals surface area contributed by atoms with E-state index in [1.165, 1.54) is 18.3 Å². The van der Waals surface area contributed by atoms with Gasteiger partial charge in [0.2, 0.25) is 0 Å². The van der Waals surface area contributed by atoms with Crippen molar-refractivity contribution in [1.82, 2.24) is 0 Å². The number of hydrogen-bond donors (Lipinski definition) is 3. The minimum atomic E-state index is -0.252. The molecule has 26 heavy (non-hydrogen) atoms. The van der Waals surface area contributed by atoms with Gasteiger partial charge in [0, 0.05) is 18.5 Å². The van der Waals surface area contributed by atoms with E-state index >= 15 is 0 Å². The molecule has 136 valence electrons. The number of nitrogens with one attached hydrogen (secondary N) is 3. The van der Waals surface area contributed by atoms with Crippen LogP contribution in [0.25, 0.3) is 0 Å². The van der Waals surface area contributed by atoms with Crippen LogP contribution in [-0.2, 0) is 4.74 Å². The third kappa shape index (κ3) is 3.37. The van der Waals surface area contributed by atoms with Gasteiger partial charge in [0.1, 0.15) is 18.7 Å². The van der Waals surface area contributed by atoms with Gasteiger partial charge < -0.3 is 25.5 Å². The van der Waals surface area contributed by atoms with Gasteiger partial charge in [-0.3, -0.25) is 0 Å². The molecule has 5 nitrogen and oxygen atoms in total. The fourth-order valence-electron chi connectivity index (χ4n) is 3.44. The lowest BCUT2D eigenvalue weighted by Crippen LogP contribution is -2.28. The summed E-state index contributed by atoms with van der Waals surface area (Å²) in [5, 5.41) is 14.6. The SMILES string of the molecule is N=Cc1c(NC2CCCCO2)ccc2c1OC[C@@H](c1ccc(F)cc1)N2. The molecule has 0 spiro atoms. The van der Waals surface area contributed by atoms with Crippen LogP contribution in [0.5, 0.6) is 5.75 Å². The molecule has 2 heterocycles. The molecule has 0 aliphatic carbocycles. The summed E-state index contributed by atoms with van der Waals surface area (Å²) in [4.78, 5) is 0. The minimum absolute atomic E-state index is 0.0241. The van der Waals surface area contributed by atoms with E-state index in [0.717, 1.165) is 42.8 Å². The fourth-order valence-corrected chi connectivity index (χ4v) is 3.44. The first-order chi connectivity index (χ1) is 12.7. The Balaban J connectivity index is 1.56. The zero-order valence-electron chi connectivity index (χ0n) is 14.4. The Bertz CT molecular complexity index is 788. The van der Waals surface area contributed by atoms with Crippen molar-refractivity contribution in [1.29, 1.82) is 5.41 Å². The van der Waals surface area contributed by atoms with Crippen molar-refractivity contribution in [3.8, 4) is 5.75 Å². The number of halogens is 1. The Hall–Kier alpha value is -2.60. The van der Waals surface area contributed by atoms with Crippen molar-refractivity contribution in [3.63, 3.8) is 0 Å². The van der Waals surface area contributed by atoms with Crippen LogP contribution < -0.4 is 15.4 Å². The molecule has 2 aliphatic heterocycles. The average molecular weight is 355 g/mol. The Labute approximate surface area is 152 Å². The topological polar surface area (TPSA) is 66.4 Å². The first kappa shape index (κ1) is 16.8. The molecule has 1 saturated heterocycles. The van der Waals surface area contributed by atoms with Crippen molar-refractivity contribution in [2.45, 2.75) is 31.5 Å². The molecule has 2 aromatic carbocycles. The second kappa shape index (κ2) is 7.33. The minimum Gasteiger partial charge on any atom is -0.488 e. The molecule has 0 aromatic heterocycles. The molecule has 0 bridgehead atoms. The van der Waals surface area contributed by atoms with Gasteiger partial charge in [0.05, 0.1) is 17.3 Å². The zero-order chi connectivity index (χ0) is 17.9. The second-order valence-electron chi connectivity index (χ2n) is 6.61. The quantitative estimate of drug-likeness (QED) is 0.715. The molecule has 2 atom stereocenters. The van der Waals surface area contributed by atoms with Crippen LogP contribution >= 0.6 is 0 Å². The highest BCUT2D eigenvalue weighted by Gasteiger charge is 2.25. The Morgan fingerprint density at radius 2 is 2.00 bits per heavy atom. The summed E-state index contributed by atoms with van der Waals surface area (Å²) in [6.07, 6.45) is 4.48. The molecular weight excluding hydrogens is 333 g/mol. The fraction of sp³-hybridized carbons (Fsp3) is 0.350. The highest BCUT2D eigenvalue weighted by molar-refractivity contribution is 5.93. The molecule has 2 aromatic rings. The summed E-state index contributed by atoms with van der Waals surface area (Å²) in [6.45, 7) is 1.18. The standard InChI is InChI=1S/C20H22FN3O2/c21-14-6-4-13(5-7-14)18-12-26-20-15(11-22)16(8-9-17(20)23-18)24-19-3-1-2-10-25-19/h4-9,11,18-19,22-24H,1-3,10,12H2/t18-,19?/m0/s1. The van der Waals surface area contributed by atoms with Crippen molar-refractivity contribution in [2.75, 3.05) is 23.8 Å². The van der Waals surface area contributed by atoms with E-state index in [2.05, 4.69) is 10.6 Å². The lowest BCUT2D eigenvalue weighted by molar-refractivity contribution is 0.0343.